The van der Waals surface area contributed by atoms with Crippen molar-refractivity contribution in [1.82, 2.24) is 0 Å². The number of anilines is 1. The van der Waals surface area contributed by atoms with Gasteiger partial charge in [0.15, 0.2) is 5.54 Å². The molecule has 0 aliphatic heterocycles. The predicted octanol–water partition coefficient (Wildman–Crippen LogP) is 5.28. The zero-order valence-corrected chi connectivity index (χ0v) is 15.0. The monoisotopic (exact) mass is 431 g/mol. The first-order chi connectivity index (χ1) is 9.84. The van der Waals surface area contributed by atoms with Crippen molar-refractivity contribution in [3.8, 4) is 0 Å². The van der Waals surface area contributed by atoms with E-state index in [2.05, 4.69) is 37.2 Å². The van der Waals surface area contributed by atoms with Crippen LogP contribution in [-0.4, -0.2) is 11.1 Å². The summed E-state index contributed by atoms with van der Waals surface area (Å²) < 4.78 is 1.58. The van der Waals surface area contributed by atoms with Crippen LogP contribution >= 0.6 is 43.5 Å². The van der Waals surface area contributed by atoms with Gasteiger partial charge in [0.05, 0.1) is 0 Å². The smallest absolute Gasteiger partial charge is 0.333 e. The Kier molecular flexibility index (Phi) is 4.96. The summed E-state index contributed by atoms with van der Waals surface area (Å²) in [5.41, 5.74) is -0.168. The van der Waals surface area contributed by atoms with Crippen LogP contribution < -0.4 is 5.32 Å². The van der Waals surface area contributed by atoms with E-state index in [1.165, 1.54) is 0 Å². The van der Waals surface area contributed by atoms with Crippen molar-refractivity contribution in [3.05, 3.63) is 62.0 Å². The molecular formula is C15H12Br2ClNO2. The summed E-state index contributed by atoms with van der Waals surface area (Å²) in [5.74, 6) is -1.01. The topological polar surface area (TPSA) is 49.3 Å². The number of carbonyl (C=O) groups is 1. The molecule has 21 heavy (non-hydrogen) atoms. The van der Waals surface area contributed by atoms with E-state index in [0.717, 1.165) is 8.95 Å². The molecule has 2 aromatic rings. The fourth-order valence-electron chi connectivity index (χ4n) is 1.96. The molecule has 0 amide bonds. The second-order valence-corrected chi connectivity index (χ2v) is 6.84. The molecule has 0 aliphatic carbocycles. The molecule has 1 atom stereocenters. The lowest BCUT2D eigenvalue weighted by molar-refractivity contribution is -0.142. The van der Waals surface area contributed by atoms with Crippen molar-refractivity contribution in [2.24, 2.45) is 0 Å². The van der Waals surface area contributed by atoms with Crippen LogP contribution in [0.3, 0.4) is 0 Å². The molecule has 0 radical (unpaired) electrons. The SMILES string of the molecule is CC(Nc1ccccc1Br)(C(=O)O)c1ccc(Br)cc1Cl. The van der Waals surface area contributed by atoms with E-state index in [9.17, 15) is 9.90 Å². The molecule has 0 saturated carbocycles. The lowest BCUT2D eigenvalue weighted by atomic mass is 9.91. The van der Waals surface area contributed by atoms with Crippen molar-refractivity contribution >= 4 is 55.1 Å². The minimum absolute atomic E-state index is 0.383. The number of benzene rings is 2. The Labute approximate surface area is 144 Å². The number of carboxylic acids is 1. The Hall–Kier alpha value is -1.04. The Bertz CT molecular complexity index is 693. The summed E-state index contributed by atoms with van der Waals surface area (Å²) in [4.78, 5) is 11.8. The maximum Gasteiger partial charge on any atom is 0.333 e. The summed E-state index contributed by atoms with van der Waals surface area (Å²) in [6.07, 6.45) is 0. The molecule has 0 bridgehead atoms. The molecule has 0 saturated heterocycles. The molecule has 2 N–H and O–H groups in total. The number of rotatable bonds is 4. The van der Waals surface area contributed by atoms with Gasteiger partial charge in [-0.3, -0.25) is 0 Å². The largest absolute Gasteiger partial charge is 0.479 e. The van der Waals surface area contributed by atoms with Gasteiger partial charge in [0.25, 0.3) is 0 Å². The Balaban J connectivity index is 2.51. The highest BCUT2D eigenvalue weighted by molar-refractivity contribution is 9.10. The van der Waals surface area contributed by atoms with Gasteiger partial charge in [-0.15, -0.1) is 0 Å². The average Bonchev–Trinajstić information content (AvgIpc) is 2.41. The van der Waals surface area contributed by atoms with Crippen LogP contribution in [0.1, 0.15) is 12.5 Å². The Morgan fingerprint density at radius 1 is 1.24 bits per heavy atom. The van der Waals surface area contributed by atoms with Gasteiger partial charge in [-0.05, 0) is 47.1 Å². The Morgan fingerprint density at radius 2 is 1.90 bits per heavy atom. The second-order valence-electron chi connectivity index (χ2n) is 4.66. The van der Waals surface area contributed by atoms with E-state index >= 15 is 0 Å². The third-order valence-electron chi connectivity index (χ3n) is 3.16. The average molecular weight is 434 g/mol. The van der Waals surface area contributed by atoms with Crippen molar-refractivity contribution in [3.63, 3.8) is 0 Å². The number of aliphatic carboxylic acids is 1. The zero-order chi connectivity index (χ0) is 15.6. The molecule has 0 fully saturated rings. The molecule has 0 heterocycles. The Morgan fingerprint density at radius 3 is 2.48 bits per heavy atom. The van der Waals surface area contributed by atoms with E-state index in [-0.39, 0.29) is 0 Å². The van der Waals surface area contributed by atoms with E-state index < -0.39 is 11.5 Å². The number of hydrogen-bond acceptors (Lipinski definition) is 2. The third-order valence-corrected chi connectivity index (χ3v) is 4.65. The highest BCUT2D eigenvalue weighted by Gasteiger charge is 2.37. The number of para-hydroxylation sites is 1. The first-order valence-electron chi connectivity index (χ1n) is 6.06. The molecule has 1 unspecified atom stereocenters. The third kappa shape index (κ3) is 3.42. The maximum absolute atomic E-state index is 11.8. The molecule has 6 heteroatoms. The van der Waals surface area contributed by atoms with Crippen LogP contribution in [0.15, 0.2) is 51.4 Å². The normalized spacial score (nSPS) is 13.5. The van der Waals surface area contributed by atoms with Gasteiger partial charge < -0.3 is 10.4 Å². The molecular weight excluding hydrogens is 421 g/mol. The van der Waals surface area contributed by atoms with Gasteiger partial charge in [-0.25, -0.2) is 4.79 Å². The maximum atomic E-state index is 11.8. The summed E-state index contributed by atoms with van der Waals surface area (Å²) >= 11 is 12.9. The van der Waals surface area contributed by atoms with Crippen LogP contribution in [0.4, 0.5) is 5.69 Å². The number of halogens is 3. The molecule has 0 aliphatic rings. The molecule has 2 rings (SSSR count). The van der Waals surface area contributed by atoms with Gasteiger partial charge >= 0.3 is 5.97 Å². The lowest BCUT2D eigenvalue weighted by Crippen LogP contribution is -2.40. The number of nitrogens with one attached hydrogen (secondary N) is 1. The first kappa shape index (κ1) is 16.3. The minimum atomic E-state index is -1.35. The van der Waals surface area contributed by atoms with E-state index in [4.69, 9.17) is 11.6 Å². The van der Waals surface area contributed by atoms with E-state index in [1.54, 1.807) is 31.2 Å². The number of carboxylic acid groups (broad SMARTS) is 1. The standard InChI is InChI=1S/C15H12Br2ClNO2/c1-15(14(20)21,10-7-6-9(16)8-12(10)18)19-13-5-3-2-4-11(13)17/h2-8,19H,1H3,(H,20,21). The van der Waals surface area contributed by atoms with Gasteiger partial charge in [0.1, 0.15) is 0 Å². The van der Waals surface area contributed by atoms with Crippen molar-refractivity contribution in [1.29, 1.82) is 0 Å². The van der Waals surface area contributed by atoms with Crippen molar-refractivity contribution in [2.45, 2.75) is 12.5 Å². The minimum Gasteiger partial charge on any atom is -0.479 e. The quantitative estimate of drug-likeness (QED) is 0.690. The van der Waals surface area contributed by atoms with Gasteiger partial charge in [-0.2, -0.15) is 0 Å². The van der Waals surface area contributed by atoms with Crippen LogP contribution in [0, 0.1) is 0 Å². The lowest BCUT2D eigenvalue weighted by Gasteiger charge is -2.29. The predicted molar refractivity (Wildman–Crippen MR) is 91.9 cm³/mol. The fourth-order valence-corrected chi connectivity index (χ4v) is 3.21. The van der Waals surface area contributed by atoms with Crippen molar-refractivity contribution < 1.29 is 9.90 Å². The van der Waals surface area contributed by atoms with E-state index in [1.807, 2.05) is 18.2 Å². The highest BCUT2D eigenvalue weighted by atomic mass is 79.9. The van der Waals surface area contributed by atoms with Crippen molar-refractivity contribution in [2.75, 3.05) is 5.32 Å². The van der Waals surface area contributed by atoms with Crippen LogP contribution in [0.5, 0.6) is 0 Å². The summed E-state index contributed by atoms with van der Waals surface area (Å²) in [6.45, 7) is 1.59. The molecule has 3 nitrogen and oxygen atoms in total. The zero-order valence-electron chi connectivity index (χ0n) is 11.0. The first-order valence-corrected chi connectivity index (χ1v) is 8.02. The van der Waals surface area contributed by atoms with Gasteiger partial charge in [0.2, 0.25) is 0 Å². The summed E-state index contributed by atoms with van der Waals surface area (Å²) in [7, 11) is 0. The molecule has 110 valence electrons. The van der Waals surface area contributed by atoms with Gasteiger partial charge in [-0.1, -0.05) is 45.7 Å². The molecule has 0 spiro atoms. The summed E-state index contributed by atoms with van der Waals surface area (Å²) in [6, 6.07) is 12.5. The highest BCUT2D eigenvalue weighted by Crippen LogP contribution is 2.35. The second kappa shape index (κ2) is 6.38. The van der Waals surface area contributed by atoms with E-state index in [0.29, 0.717) is 16.3 Å². The molecule has 2 aromatic carbocycles. The number of hydrogen-bond donors (Lipinski definition) is 2. The van der Waals surface area contributed by atoms with Crippen LogP contribution in [0.2, 0.25) is 5.02 Å². The fraction of sp³-hybridized carbons (Fsp3) is 0.133. The van der Waals surface area contributed by atoms with Crippen LogP contribution in [0.25, 0.3) is 0 Å². The summed E-state index contributed by atoms with van der Waals surface area (Å²) in [5, 5.41) is 13.1. The van der Waals surface area contributed by atoms with Gasteiger partial charge in [0, 0.05) is 25.2 Å². The molecule has 0 aromatic heterocycles. The van der Waals surface area contributed by atoms with Crippen LogP contribution in [-0.2, 0) is 10.3 Å².